The molecule has 1 N–H and O–H groups in total. The van der Waals surface area contributed by atoms with Crippen LogP contribution < -0.4 is 4.74 Å². The van der Waals surface area contributed by atoms with E-state index in [2.05, 4.69) is 5.16 Å². The van der Waals surface area contributed by atoms with Crippen molar-refractivity contribution >= 4 is 5.91 Å². The molecule has 0 bridgehead atoms. The number of carbonyl (C=O) groups is 1. The van der Waals surface area contributed by atoms with Gasteiger partial charge in [0.05, 0.1) is 5.60 Å². The number of aliphatic hydroxyl groups is 1. The minimum atomic E-state index is -0.793. The third kappa shape index (κ3) is 3.22. The van der Waals surface area contributed by atoms with Crippen molar-refractivity contribution in [2.75, 3.05) is 19.7 Å². The number of likely N-dealkylation sites (tertiary alicyclic amines) is 1. The van der Waals surface area contributed by atoms with E-state index < -0.39 is 5.60 Å². The Labute approximate surface area is 106 Å². The minimum absolute atomic E-state index is 0.0813. The summed E-state index contributed by atoms with van der Waals surface area (Å²) in [7, 11) is 0. The molecule has 0 aliphatic carbocycles. The zero-order valence-electron chi connectivity index (χ0n) is 10.7. The number of carbonyl (C=O) groups excluding carboxylic acids is 1. The molecule has 6 nitrogen and oxygen atoms in total. The lowest BCUT2D eigenvalue weighted by molar-refractivity contribution is -0.139. The first-order valence-corrected chi connectivity index (χ1v) is 6.02. The van der Waals surface area contributed by atoms with Gasteiger partial charge in [0.2, 0.25) is 0 Å². The van der Waals surface area contributed by atoms with E-state index in [1.165, 1.54) is 0 Å². The fraction of sp³-hybridized carbons (Fsp3) is 0.667. The number of piperidine rings is 1. The highest BCUT2D eigenvalue weighted by atomic mass is 16.5. The van der Waals surface area contributed by atoms with Gasteiger partial charge in [-0.2, -0.15) is 0 Å². The normalized spacial score (nSPS) is 24.1. The number of ether oxygens (including phenoxy) is 1. The molecule has 1 saturated heterocycles. The molecule has 1 aliphatic heterocycles. The average Bonchev–Trinajstić information content (AvgIpc) is 2.70. The summed E-state index contributed by atoms with van der Waals surface area (Å²) in [6.45, 7) is 4.43. The molecule has 1 amide bonds. The van der Waals surface area contributed by atoms with Gasteiger partial charge >= 0.3 is 0 Å². The lowest BCUT2D eigenvalue weighted by atomic mass is 9.95. The van der Waals surface area contributed by atoms with Gasteiger partial charge in [-0.25, -0.2) is 0 Å². The number of nitrogens with zero attached hydrogens (tertiary/aromatic N) is 2. The van der Waals surface area contributed by atoms with Gasteiger partial charge in [0.25, 0.3) is 11.8 Å². The van der Waals surface area contributed by atoms with Crippen LogP contribution >= 0.6 is 0 Å². The van der Waals surface area contributed by atoms with E-state index in [4.69, 9.17) is 9.26 Å². The maximum Gasteiger partial charge on any atom is 0.260 e. The highest BCUT2D eigenvalue weighted by Crippen LogP contribution is 2.20. The third-order valence-electron chi connectivity index (χ3n) is 2.98. The van der Waals surface area contributed by atoms with E-state index in [1.54, 1.807) is 24.8 Å². The lowest BCUT2D eigenvalue weighted by Gasteiger charge is -2.36. The van der Waals surface area contributed by atoms with Crippen LogP contribution in [0.15, 0.2) is 10.6 Å². The van der Waals surface area contributed by atoms with E-state index in [-0.39, 0.29) is 12.5 Å². The van der Waals surface area contributed by atoms with E-state index in [0.717, 1.165) is 12.8 Å². The van der Waals surface area contributed by atoms with Crippen LogP contribution in [0.3, 0.4) is 0 Å². The van der Waals surface area contributed by atoms with Gasteiger partial charge in [-0.05, 0) is 31.8 Å². The summed E-state index contributed by atoms with van der Waals surface area (Å²) in [4.78, 5) is 13.5. The van der Waals surface area contributed by atoms with Gasteiger partial charge in [-0.15, -0.1) is 0 Å². The first-order chi connectivity index (χ1) is 8.46. The highest BCUT2D eigenvalue weighted by Gasteiger charge is 2.30. The topological polar surface area (TPSA) is 75.8 Å². The summed E-state index contributed by atoms with van der Waals surface area (Å²) in [5.74, 6) is 0.804. The molecule has 1 atom stereocenters. The quantitative estimate of drug-likeness (QED) is 0.860. The van der Waals surface area contributed by atoms with Gasteiger partial charge in [0.15, 0.2) is 6.61 Å². The predicted molar refractivity (Wildman–Crippen MR) is 63.2 cm³/mol. The fourth-order valence-corrected chi connectivity index (χ4v) is 2.07. The van der Waals surface area contributed by atoms with Crippen molar-refractivity contribution in [3.8, 4) is 5.88 Å². The Morgan fingerprint density at radius 2 is 2.50 bits per heavy atom. The standard InChI is InChI=1S/C12H18N2O4/c1-9-6-10(13-18-9)17-7-11(15)14-5-3-4-12(2,16)8-14/h6,16H,3-5,7-8H2,1-2H3. The smallest absolute Gasteiger partial charge is 0.260 e. The van der Waals surface area contributed by atoms with Crippen molar-refractivity contribution in [1.29, 1.82) is 0 Å². The van der Waals surface area contributed by atoms with Crippen molar-refractivity contribution in [2.24, 2.45) is 0 Å². The van der Waals surface area contributed by atoms with Gasteiger partial charge in [-0.3, -0.25) is 4.79 Å². The molecular formula is C12H18N2O4. The molecule has 1 fully saturated rings. The molecule has 2 rings (SSSR count). The summed E-state index contributed by atoms with van der Waals surface area (Å²) < 4.78 is 10.1. The Morgan fingerprint density at radius 1 is 1.72 bits per heavy atom. The Morgan fingerprint density at radius 3 is 3.11 bits per heavy atom. The molecule has 1 unspecified atom stereocenters. The van der Waals surface area contributed by atoms with Crippen molar-refractivity contribution < 1.29 is 19.2 Å². The molecule has 1 aromatic rings. The van der Waals surface area contributed by atoms with Crippen LogP contribution in [0.4, 0.5) is 0 Å². The SMILES string of the molecule is Cc1cc(OCC(=O)N2CCCC(C)(O)C2)no1. The monoisotopic (exact) mass is 254 g/mol. The van der Waals surface area contributed by atoms with Crippen LogP contribution in [0.25, 0.3) is 0 Å². The van der Waals surface area contributed by atoms with Crippen LogP contribution in [0.5, 0.6) is 5.88 Å². The Hall–Kier alpha value is -1.56. The molecule has 2 heterocycles. The van der Waals surface area contributed by atoms with Gasteiger partial charge < -0.3 is 19.3 Å². The molecule has 1 aliphatic rings. The predicted octanol–water partition coefficient (Wildman–Crippen LogP) is 0.735. The Balaban J connectivity index is 1.84. The number of hydrogen-bond acceptors (Lipinski definition) is 5. The van der Waals surface area contributed by atoms with E-state index >= 15 is 0 Å². The second kappa shape index (κ2) is 4.97. The summed E-state index contributed by atoms with van der Waals surface area (Å²) >= 11 is 0. The number of hydrogen-bond donors (Lipinski definition) is 1. The minimum Gasteiger partial charge on any atom is -0.465 e. The molecular weight excluding hydrogens is 236 g/mol. The Bertz CT molecular complexity index is 427. The van der Waals surface area contributed by atoms with Crippen molar-refractivity contribution in [3.63, 3.8) is 0 Å². The van der Waals surface area contributed by atoms with Crippen molar-refractivity contribution in [3.05, 3.63) is 11.8 Å². The van der Waals surface area contributed by atoms with Gasteiger partial charge in [0.1, 0.15) is 5.76 Å². The summed E-state index contributed by atoms with van der Waals surface area (Å²) in [5.41, 5.74) is -0.793. The molecule has 0 saturated carbocycles. The number of amides is 1. The highest BCUT2D eigenvalue weighted by molar-refractivity contribution is 5.77. The fourth-order valence-electron chi connectivity index (χ4n) is 2.07. The van der Waals surface area contributed by atoms with E-state index in [1.807, 2.05) is 0 Å². The van der Waals surface area contributed by atoms with Crippen LogP contribution in [0, 0.1) is 6.92 Å². The average molecular weight is 254 g/mol. The molecule has 0 radical (unpaired) electrons. The zero-order chi connectivity index (χ0) is 13.2. The Kier molecular flexibility index (Phi) is 3.56. The number of aryl methyl sites for hydroxylation is 1. The van der Waals surface area contributed by atoms with E-state index in [0.29, 0.717) is 24.7 Å². The molecule has 1 aromatic heterocycles. The molecule has 0 aromatic carbocycles. The number of aromatic nitrogens is 1. The van der Waals surface area contributed by atoms with Crippen LogP contribution in [-0.2, 0) is 4.79 Å². The summed E-state index contributed by atoms with van der Waals surface area (Å²) in [6.07, 6.45) is 1.53. The van der Waals surface area contributed by atoms with Crippen LogP contribution in [0.1, 0.15) is 25.5 Å². The first-order valence-electron chi connectivity index (χ1n) is 6.02. The van der Waals surface area contributed by atoms with Crippen molar-refractivity contribution in [2.45, 2.75) is 32.3 Å². The van der Waals surface area contributed by atoms with Gasteiger partial charge in [-0.1, -0.05) is 0 Å². The molecule has 0 spiro atoms. The van der Waals surface area contributed by atoms with Crippen LogP contribution in [0.2, 0.25) is 0 Å². The van der Waals surface area contributed by atoms with Crippen LogP contribution in [-0.4, -0.2) is 46.4 Å². The molecule has 100 valence electrons. The summed E-state index contributed by atoms with van der Waals surface area (Å²) in [5, 5.41) is 13.6. The second-order valence-electron chi connectivity index (χ2n) is 4.98. The van der Waals surface area contributed by atoms with E-state index in [9.17, 15) is 9.90 Å². The maximum atomic E-state index is 11.9. The largest absolute Gasteiger partial charge is 0.465 e. The maximum absolute atomic E-state index is 11.9. The zero-order valence-corrected chi connectivity index (χ0v) is 10.7. The number of β-amino-alcohol motifs (C(OH)–C–C–N with tert-alkyl or cyclic N) is 1. The molecule has 6 heteroatoms. The molecule has 18 heavy (non-hydrogen) atoms. The first kappa shape index (κ1) is 12.9. The lowest BCUT2D eigenvalue weighted by Crippen LogP contribution is -2.49. The number of rotatable bonds is 3. The van der Waals surface area contributed by atoms with Gasteiger partial charge in [0, 0.05) is 19.2 Å². The van der Waals surface area contributed by atoms with Crippen molar-refractivity contribution in [1.82, 2.24) is 10.1 Å². The summed E-state index contributed by atoms with van der Waals surface area (Å²) in [6, 6.07) is 1.62. The third-order valence-corrected chi connectivity index (χ3v) is 2.98. The second-order valence-corrected chi connectivity index (χ2v) is 4.98.